The van der Waals surface area contributed by atoms with Gasteiger partial charge in [-0.05, 0) is 43.3 Å². The maximum absolute atomic E-state index is 11.7. The number of Topliss-reactive ketones (excluding diaryl/α,β-unsaturated/α-hetero) is 1. The van der Waals surface area contributed by atoms with Gasteiger partial charge >= 0.3 is 0 Å². The van der Waals surface area contributed by atoms with Gasteiger partial charge in [-0.15, -0.1) is 0 Å². The number of ether oxygens (including phenoxy) is 2. The molecule has 0 N–H and O–H groups in total. The van der Waals surface area contributed by atoms with E-state index < -0.39 is 0 Å². The fourth-order valence-corrected chi connectivity index (χ4v) is 2.47. The van der Waals surface area contributed by atoms with E-state index >= 15 is 0 Å². The maximum Gasteiger partial charge on any atom is 0.163 e. The lowest BCUT2D eigenvalue weighted by Crippen LogP contribution is -2.03. The molecule has 3 nitrogen and oxygen atoms in total. The zero-order valence-corrected chi connectivity index (χ0v) is 14.0. The first-order valence-corrected chi connectivity index (χ1v) is 7.44. The highest BCUT2D eigenvalue weighted by Crippen LogP contribution is 2.27. The van der Waals surface area contributed by atoms with Crippen LogP contribution in [0.25, 0.3) is 0 Å². The summed E-state index contributed by atoms with van der Waals surface area (Å²) in [7, 11) is 1.59. The Labute approximate surface area is 137 Å². The minimum Gasteiger partial charge on any atom is -0.496 e. The molecule has 2 rings (SSSR count). The Morgan fingerprint density at radius 1 is 1.19 bits per heavy atom. The molecule has 0 heterocycles. The number of methoxy groups -OCH3 is 1. The Kier molecular flexibility index (Phi) is 5.26. The third-order valence-electron chi connectivity index (χ3n) is 2.95. The molecule has 0 aliphatic heterocycles. The van der Waals surface area contributed by atoms with Gasteiger partial charge in [-0.1, -0.05) is 27.5 Å². The van der Waals surface area contributed by atoms with Crippen molar-refractivity contribution in [3.8, 4) is 11.5 Å². The van der Waals surface area contributed by atoms with Crippen LogP contribution in [0.2, 0.25) is 5.02 Å². The standard InChI is InChI=1S/C16H14BrClO3/c1-10(19)14-8-12(17)3-5-16(14)21-9-11-7-13(18)4-6-15(11)20-2/h3-8H,9H2,1-2H3. The smallest absolute Gasteiger partial charge is 0.163 e. The van der Waals surface area contributed by atoms with Crippen LogP contribution in [-0.4, -0.2) is 12.9 Å². The predicted octanol–water partition coefficient (Wildman–Crippen LogP) is 4.89. The number of hydrogen-bond donors (Lipinski definition) is 0. The molecule has 0 spiro atoms. The lowest BCUT2D eigenvalue weighted by molar-refractivity contribution is 0.101. The Bertz CT molecular complexity index is 671. The molecule has 21 heavy (non-hydrogen) atoms. The van der Waals surface area contributed by atoms with Crippen molar-refractivity contribution in [2.24, 2.45) is 0 Å². The quantitative estimate of drug-likeness (QED) is 0.704. The summed E-state index contributed by atoms with van der Waals surface area (Å²) in [6, 6.07) is 10.7. The monoisotopic (exact) mass is 368 g/mol. The van der Waals surface area contributed by atoms with Gasteiger partial charge in [-0.25, -0.2) is 0 Å². The van der Waals surface area contributed by atoms with Crippen LogP contribution in [0.3, 0.4) is 0 Å². The molecule has 110 valence electrons. The second kappa shape index (κ2) is 6.96. The van der Waals surface area contributed by atoms with Crippen LogP contribution in [0.5, 0.6) is 11.5 Å². The highest BCUT2D eigenvalue weighted by atomic mass is 79.9. The predicted molar refractivity (Wildman–Crippen MR) is 86.5 cm³/mol. The summed E-state index contributed by atoms with van der Waals surface area (Å²) in [4.78, 5) is 11.7. The molecule has 0 saturated heterocycles. The van der Waals surface area contributed by atoms with Crippen molar-refractivity contribution in [1.29, 1.82) is 0 Å². The molecule has 0 amide bonds. The van der Waals surface area contributed by atoms with Gasteiger partial charge < -0.3 is 9.47 Å². The molecular weight excluding hydrogens is 356 g/mol. The second-order valence-corrected chi connectivity index (χ2v) is 5.79. The molecule has 0 bridgehead atoms. The molecular formula is C16H14BrClO3. The van der Waals surface area contributed by atoms with Crippen molar-refractivity contribution in [3.05, 3.63) is 57.0 Å². The van der Waals surface area contributed by atoms with E-state index in [9.17, 15) is 4.79 Å². The fourth-order valence-electron chi connectivity index (χ4n) is 1.92. The minimum absolute atomic E-state index is 0.0515. The van der Waals surface area contributed by atoms with Crippen LogP contribution in [0, 0.1) is 0 Å². The highest BCUT2D eigenvalue weighted by molar-refractivity contribution is 9.10. The van der Waals surface area contributed by atoms with Crippen LogP contribution in [0.4, 0.5) is 0 Å². The molecule has 2 aromatic carbocycles. The van der Waals surface area contributed by atoms with Gasteiger partial charge in [0, 0.05) is 15.1 Å². The molecule has 0 fully saturated rings. The van der Waals surface area contributed by atoms with E-state index in [1.165, 1.54) is 6.92 Å². The number of halogens is 2. The van der Waals surface area contributed by atoms with Crippen molar-refractivity contribution in [1.82, 2.24) is 0 Å². The van der Waals surface area contributed by atoms with Gasteiger partial charge in [0.2, 0.25) is 0 Å². The van der Waals surface area contributed by atoms with Crippen LogP contribution in [0.1, 0.15) is 22.8 Å². The molecule has 0 unspecified atom stereocenters. The molecule has 0 saturated carbocycles. The topological polar surface area (TPSA) is 35.5 Å². The third kappa shape index (κ3) is 3.99. The number of rotatable bonds is 5. The van der Waals surface area contributed by atoms with Crippen molar-refractivity contribution in [3.63, 3.8) is 0 Å². The first-order valence-electron chi connectivity index (χ1n) is 6.27. The van der Waals surface area contributed by atoms with Crippen LogP contribution in [0.15, 0.2) is 40.9 Å². The first kappa shape index (κ1) is 15.9. The zero-order chi connectivity index (χ0) is 15.4. The van der Waals surface area contributed by atoms with Gasteiger partial charge in [0.1, 0.15) is 18.1 Å². The summed E-state index contributed by atoms with van der Waals surface area (Å²) >= 11 is 9.33. The van der Waals surface area contributed by atoms with Crippen molar-refractivity contribution < 1.29 is 14.3 Å². The first-order chi connectivity index (χ1) is 10.0. The average molecular weight is 370 g/mol. The van der Waals surface area contributed by atoms with E-state index in [-0.39, 0.29) is 12.4 Å². The average Bonchev–Trinajstić information content (AvgIpc) is 2.46. The molecule has 2 aromatic rings. The summed E-state index contributed by atoms with van der Waals surface area (Å²) in [6.45, 7) is 1.78. The second-order valence-electron chi connectivity index (χ2n) is 4.44. The largest absolute Gasteiger partial charge is 0.496 e. The molecule has 0 aliphatic rings. The third-order valence-corrected chi connectivity index (χ3v) is 3.67. The fraction of sp³-hybridized carbons (Fsp3) is 0.188. The number of carbonyl (C=O) groups is 1. The van der Waals surface area contributed by atoms with E-state index in [2.05, 4.69) is 15.9 Å². The number of carbonyl (C=O) groups excluding carboxylic acids is 1. The van der Waals surface area contributed by atoms with E-state index in [1.54, 1.807) is 37.4 Å². The number of hydrogen-bond acceptors (Lipinski definition) is 3. The van der Waals surface area contributed by atoms with Gasteiger partial charge in [0.15, 0.2) is 5.78 Å². The van der Waals surface area contributed by atoms with Crippen LogP contribution < -0.4 is 9.47 Å². The van der Waals surface area contributed by atoms with Crippen molar-refractivity contribution in [2.45, 2.75) is 13.5 Å². The lowest BCUT2D eigenvalue weighted by Gasteiger charge is -2.13. The zero-order valence-electron chi connectivity index (χ0n) is 11.7. The molecule has 0 aromatic heterocycles. The van der Waals surface area contributed by atoms with Crippen LogP contribution in [-0.2, 0) is 6.61 Å². The number of benzene rings is 2. The Morgan fingerprint density at radius 2 is 1.90 bits per heavy atom. The molecule has 0 radical (unpaired) electrons. The maximum atomic E-state index is 11.7. The summed E-state index contributed by atoms with van der Waals surface area (Å²) in [5, 5.41) is 0.608. The number of ketones is 1. The summed E-state index contributed by atoms with van der Waals surface area (Å²) < 4.78 is 11.9. The summed E-state index contributed by atoms with van der Waals surface area (Å²) in [6.07, 6.45) is 0. The van der Waals surface area contributed by atoms with E-state index in [0.29, 0.717) is 22.1 Å². The Balaban J connectivity index is 2.24. The normalized spacial score (nSPS) is 10.3. The van der Waals surface area contributed by atoms with Gasteiger partial charge in [-0.2, -0.15) is 0 Å². The molecule has 0 atom stereocenters. The summed E-state index contributed by atoms with van der Waals surface area (Å²) in [5.74, 6) is 1.18. The summed E-state index contributed by atoms with van der Waals surface area (Å²) in [5.41, 5.74) is 1.35. The van der Waals surface area contributed by atoms with Crippen molar-refractivity contribution in [2.75, 3.05) is 7.11 Å². The lowest BCUT2D eigenvalue weighted by atomic mass is 10.1. The van der Waals surface area contributed by atoms with Gasteiger partial charge in [0.05, 0.1) is 12.7 Å². The van der Waals surface area contributed by atoms with Crippen LogP contribution >= 0.6 is 27.5 Å². The highest BCUT2D eigenvalue weighted by Gasteiger charge is 2.11. The van der Waals surface area contributed by atoms with E-state index in [1.807, 2.05) is 6.07 Å². The van der Waals surface area contributed by atoms with E-state index in [4.69, 9.17) is 21.1 Å². The molecule has 0 aliphatic carbocycles. The Hall–Kier alpha value is -1.52. The van der Waals surface area contributed by atoms with Crippen molar-refractivity contribution >= 4 is 33.3 Å². The SMILES string of the molecule is COc1ccc(Cl)cc1COc1ccc(Br)cc1C(C)=O. The van der Waals surface area contributed by atoms with Gasteiger partial charge in [-0.3, -0.25) is 4.79 Å². The van der Waals surface area contributed by atoms with E-state index in [0.717, 1.165) is 10.0 Å². The minimum atomic E-state index is -0.0515. The van der Waals surface area contributed by atoms with Gasteiger partial charge in [0.25, 0.3) is 0 Å². The molecule has 5 heteroatoms. The Morgan fingerprint density at radius 3 is 2.57 bits per heavy atom.